The number of sulfonamides is 1. The van der Waals surface area contributed by atoms with Crippen LogP contribution in [0.5, 0.6) is 0 Å². The van der Waals surface area contributed by atoms with E-state index < -0.39 is 31.0 Å². The fourth-order valence-electron chi connectivity index (χ4n) is 3.48. The Labute approximate surface area is 168 Å². The molecule has 1 atom stereocenters. The van der Waals surface area contributed by atoms with Gasteiger partial charge in [-0.15, -0.1) is 0 Å². The fourth-order valence-corrected chi connectivity index (χ4v) is 6.79. The first-order valence-electron chi connectivity index (χ1n) is 9.69. The maximum atomic E-state index is 12.9. The van der Waals surface area contributed by atoms with Crippen LogP contribution in [-0.4, -0.2) is 52.1 Å². The van der Waals surface area contributed by atoms with Crippen molar-refractivity contribution in [1.29, 1.82) is 0 Å². The largest absolute Gasteiger partial charge is 0.466 e. The topological polar surface area (TPSA) is 97.8 Å². The predicted molar refractivity (Wildman–Crippen MR) is 106 cm³/mol. The van der Waals surface area contributed by atoms with E-state index in [0.29, 0.717) is 32.2 Å². The highest BCUT2D eigenvalue weighted by molar-refractivity contribution is 7.92. The first-order valence-corrected chi connectivity index (χ1v) is 12.7. The molecule has 1 heterocycles. The van der Waals surface area contributed by atoms with Crippen molar-refractivity contribution in [3.05, 3.63) is 24.3 Å². The van der Waals surface area contributed by atoms with Crippen LogP contribution in [-0.2, 0) is 29.4 Å². The third-order valence-corrected chi connectivity index (χ3v) is 9.50. The predicted octanol–water partition coefficient (Wildman–Crippen LogP) is 2.61. The second kappa shape index (κ2) is 9.37. The normalized spacial score (nSPS) is 18.9. The van der Waals surface area contributed by atoms with Crippen LogP contribution in [0.2, 0.25) is 0 Å². The molecule has 0 N–H and O–H groups in total. The minimum atomic E-state index is -3.81. The first-order chi connectivity index (χ1) is 13.2. The average molecular weight is 432 g/mol. The molecule has 0 aromatic heterocycles. The molecule has 1 aliphatic heterocycles. The van der Waals surface area contributed by atoms with E-state index in [0.717, 1.165) is 0 Å². The number of nitrogens with zero attached hydrogens (tertiary/aromatic N) is 1. The molecule has 1 aromatic rings. The molecule has 0 radical (unpaired) electrons. The summed E-state index contributed by atoms with van der Waals surface area (Å²) < 4.78 is 57.4. The number of sulfone groups is 1. The number of piperidine rings is 1. The van der Waals surface area contributed by atoms with E-state index in [1.165, 1.54) is 28.6 Å². The van der Waals surface area contributed by atoms with Gasteiger partial charge >= 0.3 is 5.97 Å². The van der Waals surface area contributed by atoms with Crippen LogP contribution in [0, 0.1) is 5.92 Å². The molecule has 1 fully saturated rings. The standard InChI is InChI=1S/C19H29NO6S2/c1-4-16(5-2)27(22,23)17-9-11-18(12-10-17)28(24,25)20-13-7-8-15(14-20)19(21)26-6-3/h9-12,15-16H,4-8,13-14H2,1-3H3/t15-/m1/s1. The van der Waals surface area contributed by atoms with Gasteiger partial charge in [0.25, 0.3) is 0 Å². The lowest BCUT2D eigenvalue weighted by molar-refractivity contribution is -0.149. The van der Waals surface area contributed by atoms with Crippen molar-refractivity contribution >= 4 is 25.8 Å². The van der Waals surface area contributed by atoms with Crippen molar-refractivity contribution in [2.24, 2.45) is 5.92 Å². The van der Waals surface area contributed by atoms with Crippen LogP contribution < -0.4 is 0 Å². The van der Waals surface area contributed by atoms with Gasteiger partial charge in [0.05, 0.1) is 27.6 Å². The van der Waals surface area contributed by atoms with Crippen LogP contribution in [0.15, 0.2) is 34.1 Å². The van der Waals surface area contributed by atoms with Gasteiger partial charge in [-0.2, -0.15) is 4.31 Å². The number of hydrogen-bond acceptors (Lipinski definition) is 6. The SMILES string of the molecule is CCOC(=O)[C@@H]1CCCN(S(=O)(=O)c2ccc(S(=O)(=O)C(CC)CC)cc2)C1. The lowest BCUT2D eigenvalue weighted by Crippen LogP contribution is -2.42. The maximum absolute atomic E-state index is 12.9. The van der Waals surface area contributed by atoms with Crippen molar-refractivity contribution in [2.45, 2.75) is 61.5 Å². The summed E-state index contributed by atoms with van der Waals surface area (Å²) >= 11 is 0. The summed E-state index contributed by atoms with van der Waals surface area (Å²) in [5, 5.41) is -0.484. The highest BCUT2D eigenvalue weighted by atomic mass is 32.2. The minimum absolute atomic E-state index is 0.0282. The quantitative estimate of drug-likeness (QED) is 0.587. The molecule has 0 saturated carbocycles. The van der Waals surface area contributed by atoms with Gasteiger partial charge in [0.2, 0.25) is 10.0 Å². The second-order valence-corrected chi connectivity index (χ2v) is 11.1. The van der Waals surface area contributed by atoms with Crippen molar-refractivity contribution < 1.29 is 26.4 Å². The molecule has 1 saturated heterocycles. The highest BCUT2D eigenvalue weighted by Crippen LogP contribution is 2.27. The number of ether oxygens (including phenoxy) is 1. The van der Waals surface area contributed by atoms with Gasteiger partial charge in [-0.3, -0.25) is 4.79 Å². The number of benzene rings is 1. The van der Waals surface area contributed by atoms with Crippen LogP contribution in [0.3, 0.4) is 0 Å². The van der Waals surface area contributed by atoms with Crippen molar-refractivity contribution in [3.63, 3.8) is 0 Å². The van der Waals surface area contributed by atoms with Gasteiger partial charge in [-0.25, -0.2) is 16.8 Å². The van der Waals surface area contributed by atoms with Crippen molar-refractivity contribution in [2.75, 3.05) is 19.7 Å². The van der Waals surface area contributed by atoms with Gasteiger partial charge in [0.1, 0.15) is 0 Å². The average Bonchev–Trinajstić information content (AvgIpc) is 2.69. The van der Waals surface area contributed by atoms with Crippen molar-refractivity contribution in [1.82, 2.24) is 4.31 Å². The smallest absolute Gasteiger partial charge is 0.310 e. The van der Waals surface area contributed by atoms with Gasteiger partial charge in [0.15, 0.2) is 9.84 Å². The molecule has 0 aliphatic carbocycles. The van der Waals surface area contributed by atoms with E-state index in [9.17, 15) is 21.6 Å². The lowest BCUT2D eigenvalue weighted by atomic mass is 10.0. The Kier molecular flexibility index (Phi) is 7.64. The number of rotatable bonds is 8. The maximum Gasteiger partial charge on any atom is 0.310 e. The second-order valence-electron chi connectivity index (χ2n) is 6.91. The van der Waals surface area contributed by atoms with Crippen LogP contribution in [0.4, 0.5) is 0 Å². The van der Waals surface area contributed by atoms with E-state index >= 15 is 0 Å². The summed E-state index contributed by atoms with van der Waals surface area (Å²) in [6, 6.07) is 5.37. The van der Waals surface area contributed by atoms with E-state index in [1.807, 2.05) is 13.8 Å². The lowest BCUT2D eigenvalue weighted by Gasteiger charge is -2.30. The zero-order chi connectivity index (χ0) is 20.9. The van der Waals surface area contributed by atoms with E-state index in [-0.39, 0.29) is 28.9 Å². The molecule has 0 bridgehead atoms. The van der Waals surface area contributed by atoms with Gasteiger partial charge in [-0.05, 0) is 56.9 Å². The van der Waals surface area contributed by atoms with Crippen LogP contribution >= 0.6 is 0 Å². The summed E-state index contributed by atoms with van der Waals surface area (Å²) in [6.45, 7) is 6.02. The van der Waals surface area contributed by atoms with E-state index in [2.05, 4.69) is 0 Å². The van der Waals surface area contributed by atoms with Crippen LogP contribution in [0.25, 0.3) is 0 Å². The Morgan fingerprint density at radius 3 is 2.18 bits per heavy atom. The Morgan fingerprint density at radius 2 is 1.64 bits per heavy atom. The number of carbonyl (C=O) groups excluding carboxylic acids is 1. The minimum Gasteiger partial charge on any atom is -0.466 e. The van der Waals surface area contributed by atoms with Crippen molar-refractivity contribution in [3.8, 4) is 0 Å². The third kappa shape index (κ3) is 4.75. The molecule has 0 unspecified atom stereocenters. The molecule has 9 heteroatoms. The molecule has 7 nitrogen and oxygen atoms in total. The van der Waals surface area contributed by atoms with E-state index in [4.69, 9.17) is 4.74 Å². The summed E-state index contributed by atoms with van der Waals surface area (Å²) in [7, 11) is -7.29. The molecule has 2 rings (SSSR count). The van der Waals surface area contributed by atoms with Gasteiger partial charge in [0, 0.05) is 13.1 Å². The molecule has 158 valence electrons. The zero-order valence-electron chi connectivity index (χ0n) is 16.6. The summed E-state index contributed by atoms with van der Waals surface area (Å²) in [5.74, 6) is -0.855. The number of esters is 1. The molecule has 1 aromatic carbocycles. The first kappa shape index (κ1) is 22.8. The summed E-state index contributed by atoms with van der Waals surface area (Å²) in [6.07, 6.45) is 2.17. The van der Waals surface area contributed by atoms with E-state index in [1.54, 1.807) is 6.92 Å². The molecule has 0 spiro atoms. The molecule has 0 amide bonds. The highest BCUT2D eigenvalue weighted by Gasteiger charge is 2.34. The molecule has 28 heavy (non-hydrogen) atoms. The summed E-state index contributed by atoms with van der Waals surface area (Å²) in [4.78, 5) is 12.1. The Hall–Kier alpha value is -1.45. The van der Waals surface area contributed by atoms with Gasteiger partial charge in [-0.1, -0.05) is 13.8 Å². The molecule has 1 aliphatic rings. The molecular formula is C19H29NO6S2. The summed E-state index contributed by atoms with van der Waals surface area (Å²) in [5.41, 5.74) is 0. The third-order valence-electron chi connectivity index (χ3n) is 5.14. The fraction of sp³-hybridized carbons (Fsp3) is 0.632. The Bertz CT molecular complexity index is 874. The number of hydrogen-bond donors (Lipinski definition) is 0. The molecular weight excluding hydrogens is 402 g/mol. The zero-order valence-corrected chi connectivity index (χ0v) is 18.3. The van der Waals surface area contributed by atoms with Crippen LogP contribution in [0.1, 0.15) is 46.5 Å². The Morgan fingerprint density at radius 1 is 1.07 bits per heavy atom. The Balaban J connectivity index is 2.23. The number of carbonyl (C=O) groups is 1. The monoisotopic (exact) mass is 431 g/mol. The van der Waals surface area contributed by atoms with Gasteiger partial charge < -0.3 is 4.74 Å².